The minimum Gasteiger partial charge on any atom is -0.497 e. The monoisotopic (exact) mass is 418 g/mol. The second kappa shape index (κ2) is 7.41. The Morgan fingerprint density at radius 2 is 1.44 bits per heavy atom. The van der Waals surface area contributed by atoms with E-state index in [-0.39, 0.29) is 0 Å². The third-order valence-electron chi connectivity index (χ3n) is 4.61. The summed E-state index contributed by atoms with van der Waals surface area (Å²) in [5, 5.41) is 4.97. The molecule has 0 N–H and O–H groups in total. The third kappa shape index (κ3) is 3.40. The Bertz CT molecular complexity index is 1050. The lowest BCUT2D eigenvalue weighted by Gasteiger charge is -2.07. The van der Waals surface area contributed by atoms with Crippen molar-refractivity contribution in [3.8, 4) is 33.8 Å². The standard InChI is InChI=1S/C23H19BrN2O/c1-16-22(17-10-14-21(27-2)15-11-17)23(18-8-12-19(24)13-9-18)25-26(16)20-6-4-3-5-7-20/h3-15H,1-2H3. The van der Waals surface area contributed by atoms with Crippen molar-refractivity contribution in [3.63, 3.8) is 0 Å². The van der Waals surface area contributed by atoms with Gasteiger partial charge in [0.1, 0.15) is 11.4 Å². The van der Waals surface area contributed by atoms with Gasteiger partial charge in [-0.15, -0.1) is 0 Å². The van der Waals surface area contributed by atoms with Crippen molar-refractivity contribution in [1.82, 2.24) is 9.78 Å². The van der Waals surface area contributed by atoms with Crippen LogP contribution >= 0.6 is 15.9 Å². The molecule has 3 aromatic carbocycles. The van der Waals surface area contributed by atoms with E-state index in [1.165, 1.54) is 0 Å². The van der Waals surface area contributed by atoms with Crippen LogP contribution < -0.4 is 4.74 Å². The van der Waals surface area contributed by atoms with Crippen molar-refractivity contribution in [2.24, 2.45) is 0 Å². The lowest BCUT2D eigenvalue weighted by atomic mass is 9.99. The molecule has 0 radical (unpaired) electrons. The zero-order valence-electron chi connectivity index (χ0n) is 15.2. The minimum absolute atomic E-state index is 0.844. The van der Waals surface area contributed by atoms with E-state index in [0.717, 1.165) is 44.0 Å². The van der Waals surface area contributed by atoms with E-state index in [2.05, 4.69) is 59.3 Å². The fourth-order valence-electron chi connectivity index (χ4n) is 3.24. The normalized spacial score (nSPS) is 10.8. The lowest BCUT2D eigenvalue weighted by molar-refractivity contribution is 0.415. The van der Waals surface area contributed by atoms with Gasteiger partial charge in [0, 0.05) is 21.3 Å². The van der Waals surface area contributed by atoms with Gasteiger partial charge in [0.15, 0.2) is 0 Å². The SMILES string of the molecule is COc1ccc(-c2c(-c3ccc(Br)cc3)nn(-c3ccccc3)c2C)cc1. The molecule has 1 heterocycles. The van der Waals surface area contributed by atoms with Gasteiger partial charge >= 0.3 is 0 Å². The van der Waals surface area contributed by atoms with Crippen molar-refractivity contribution in [2.45, 2.75) is 6.92 Å². The number of benzene rings is 3. The average Bonchev–Trinajstić information content (AvgIpc) is 3.06. The molecule has 0 fully saturated rings. The predicted octanol–water partition coefficient (Wildman–Crippen LogP) is 6.29. The Balaban J connectivity index is 1.94. The van der Waals surface area contributed by atoms with Gasteiger partial charge in [-0.2, -0.15) is 5.10 Å². The molecule has 0 aliphatic heterocycles. The molecule has 134 valence electrons. The van der Waals surface area contributed by atoms with E-state index in [0.29, 0.717) is 0 Å². The second-order valence-corrected chi connectivity index (χ2v) is 7.21. The summed E-state index contributed by atoms with van der Waals surface area (Å²) in [5.41, 5.74) is 6.45. The van der Waals surface area contributed by atoms with Crippen LogP contribution in [-0.2, 0) is 0 Å². The zero-order chi connectivity index (χ0) is 18.8. The molecule has 0 bridgehead atoms. The van der Waals surface area contributed by atoms with Crippen LogP contribution in [0.2, 0.25) is 0 Å². The first-order valence-electron chi connectivity index (χ1n) is 8.73. The summed E-state index contributed by atoms with van der Waals surface area (Å²) in [6.07, 6.45) is 0. The maximum absolute atomic E-state index is 5.31. The van der Waals surface area contributed by atoms with Crippen LogP contribution in [0.25, 0.3) is 28.1 Å². The molecular formula is C23H19BrN2O. The predicted molar refractivity (Wildman–Crippen MR) is 113 cm³/mol. The Morgan fingerprint density at radius 3 is 2.07 bits per heavy atom. The highest BCUT2D eigenvalue weighted by Gasteiger charge is 2.19. The van der Waals surface area contributed by atoms with Crippen LogP contribution in [0.3, 0.4) is 0 Å². The van der Waals surface area contributed by atoms with Crippen LogP contribution in [0.4, 0.5) is 0 Å². The molecule has 4 aromatic rings. The van der Waals surface area contributed by atoms with Crippen molar-refractivity contribution < 1.29 is 4.74 Å². The zero-order valence-corrected chi connectivity index (χ0v) is 16.8. The summed E-state index contributed by atoms with van der Waals surface area (Å²) < 4.78 is 8.37. The van der Waals surface area contributed by atoms with Gasteiger partial charge in [-0.3, -0.25) is 0 Å². The van der Waals surface area contributed by atoms with Crippen molar-refractivity contribution in [1.29, 1.82) is 0 Å². The number of hydrogen-bond donors (Lipinski definition) is 0. The Kier molecular flexibility index (Phi) is 4.82. The lowest BCUT2D eigenvalue weighted by Crippen LogP contribution is -1.98. The minimum atomic E-state index is 0.844. The number of aromatic nitrogens is 2. The topological polar surface area (TPSA) is 27.1 Å². The summed E-state index contributed by atoms with van der Waals surface area (Å²) in [4.78, 5) is 0. The molecule has 0 saturated carbocycles. The highest BCUT2D eigenvalue weighted by molar-refractivity contribution is 9.10. The molecule has 4 heteroatoms. The summed E-state index contributed by atoms with van der Waals surface area (Å²) in [7, 11) is 1.68. The highest BCUT2D eigenvalue weighted by atomic mass is 79.9. The smallest absolute Gasteiger partial charge is 0.118 e. The van der Waals surface area contributed by atoms with E-state index in [1.807, 2.05) is 47.1 Å². The number of para-hydroxylation sites is 1. The average molecular weight is 419 g/mol. The Morgan fingerprint density at radius 1 is 0.815 bits per heavy atom. The first-order chi connectivity index (χ1) is 13.2. The third-order valence-corrected chi connectivity index (χ3v) is 5.14. The Labute approximate surface area is 167 Å². The van der Waals surface area contributed by atoms with Gasteiger partial charge in [-0.25, -0.2) is 4.68 Å². The maximum Gasteiger partial charge on any atom is 0.118 e. The maximum atomic E-state index is 5.31. The first kappa shape index (κ1) is 17.6. The van der Waals surface area contributed by atoms with Gasteiger partial charge in [-0.1, -0.05) is 58.4 Å². The summed E-state index contributed by atoms with van der Waals surface area (Å²) >= 11 is 3.51. The number of nitrogens with zero attached hydrogens (tertiary/aromatic N) is 2. The van der Waals surface area contributed by atoms with Gasteiger partial charge in [0.2, 0.25) is 0 Å². The van der Waals surface area contributed by atoms with Gasteiger partial charge in [0.05, 0.1) is 12.8 Å². The van der Waals surface area contributed by atoms with Crippen LogP contribution in [0.5, 0.6) is 5.75 Å². The van der Waals surface area contributed by atoms with E-state index in [1.54, 1.807) is 7.11 Å². The Hall–Kier alpha value is -2.85. The molecule has 0 unspecified atom stereocenters. The van der Waals surface area contributed by atoms with Crippen molar-refractivity contribution in [3.05, 3.63) is 89.0 Å². The molecule has 0 amide bonds. The number of rotatable bonds is 4. The molecule has 27 heavy (non-hydrogen) atoms. The van der Waals surface area contributed by atoms with E-state index < -0.39 is 0 Å². The van der Waals surface area contributed by atoms with Crippen LogP contribution in [0, 0.1) is 6.92 Å². The van der Waals surface area contributed by atoms with Gasteiger partial charge in [0.25, 0.3) is 0 Å². The molecule has 0 spiro atoms. The second-order valence-electron chi connectivity index (χ2n) is 6.29. The summed E-state index contributed by atoms with van der Waals surface area (Å²) in [6.45, 7) is 2.11. The molecule has 4 rings (SSSR count). The van der Waals surface area contributed by atoms with Gasteiger partial charge < -0.3 is 4.74 Å². The molecule has 0 atom stereocenters. The summed E-state index contributed by atoms with van der Waals surface area (Å²) in [6, 6.07) is 26.6. The number of methoxy groups -OCH3 is 1. The van der Waals surface area contributed by atoms with Crippen LogP contribution in [0.15, 0.2) is 83.3 Å². The summed E-state index contributed by atoms with van der Waals surface area (Å²) in [5.74, 6) is 0.844. The van der Waals surface area contributed by atoms with Crippen molar-refractivity contribution >= 4 is 15.9 Å². The first-order valence-corrected chi connectivity index (χ1v) is 9.52. The molecule has 0 aliphatic carbocycles. The molecule has 0 aliphatic rings. The molecule has 0 saturated heterocycles. The fraction of sp³-hybridized carbons (Fsp3) is 0.0870. The number of hydrogen-bond acceptors (Lipinski definition) is 2. The molecule has 3 nitrogen and oxygen atoms in total. The van der Waals surface area contributed by atoms with E-state index >= 15 is 0 Å². The molecule has 1 aromatic heterocycles. The van der Waals surface area contributed by atoms with Crippen molar-refractivity contribution in [2.75, 3.05) is 7.11 Å². The van der Waals surface area contributed by atoms with Crippen LogP contribution in [0.1, 0.15) is 5.69 Å². The number of halogens is 1. The van der Waals surface area contributed by atoms with Crippen LogP contribution in [-0.4, -0.2) is 16.9 Å². The molecular weight excluding hydrogens is 400 g/mol. The largest absolute Gasteiger partial charge is 0.497 e. The van der Waals surface area contributed by atoms with Gasteiger partial charge in [-0.05, 0) is 48.9 Å². The highest BCUT2D eigenvalue weighted by Crippen LogP contribution is 2.36. The van der Waals surface area contributed by atoms with E-state index in [4.69, 9.17) is 9.84 Å². The van der Waals surface area contributed by atoms with E-state index in [9.17, 15) is 0 Å². The number of ether oxygens (including phenoxy) is 1. The quantitative estimate of drug-likeness (QED) is 0.389. The fourth-order valence-corrected chi connectivity index (χ4v) is 3.50.